The van der Waals surface area contributed by atoms with Crippen LogP contribution in [0.1, 0.15) is 31.0 Å². The third-order valence-electron chi connectivity index (χ3n) is 5.25. The molecule has 148 valence electrons. The molecule has 1 saturated heterocycles. The summed E-state index contributed by atoms with van der Waals surface area (Å²) in [6.45, 7) is 4.62. The van der Waals surface area contributed by atoms with Gasteiger partial charge in [0.05, 0.1) is 23.6 Å². The molecule has 7 heteroatoms. The van der Waals surface area contributed by atoms with Crippen molar-refractivity contribution in [3.63, 3.8) is 0 Å². The third-order valence-corrected chi connectivity index (χ3v) is 7.08. The Morgan fingerprint density at radius 3 is 2.50 bits per heavy atom. The van der Waals surface area contributed by atoms with Gasteiger partial charge in [-0.15, -0.1) is 0 Å². The number of hydrogen-bond acceptors (Lipinski definition) is 4. The molecule has 1 amide bonds. The number of rotatable bonds is 4. The lowest BCUT2D eigenvalue weighted by molar-refractivity contribution is -0.138. The number of carbonyl (C=O) groups excluding carboxylic acids is 1. The summed E-state index contributed by atoms with van der Waals surface area (Å²) < 4.78 is 33.2. The van der Waals surface area contributed by atoms with Crippen molar-refractivity contribution in [2.45, 2.75) is 37.3 Å². The molecule has 4 rings (SSSR count). The smallest absolute Gasteiger partial charge is 0.243 e. The lowest BCUT2D eigenvalue weighted by Gasteiger charge is -2.44. The highest BCUT2D eigenvalue weighted by Crippen LogP contribution is 2.35. The van der Waals surface area contributed by atoms with Gasteiger partial charge in [-0.2, -0.15) is 4.31 Å². The average Bonchev–Trinajstić information content (AvgIpc) is 2.67. The van der Waals surface area contributed by atoms with Crippen molar-refractivity contribution >= 4 is 15.9 Å². The molecule has 2 aromatic rings. The number of carbonyl (C=O) groups is 1. The highest BCUT2D eigenvalue weighted by Gasteiger charge is 2.41. The second-order valence-electron chi connectivity index (χ2n) is 7.49. The van der Waals surface area contributed by atoms with Crippen LogP contribution in [0.15, 0.2) is 53.4 Å². The molecular weight excluding hydrogens is 376 g/mol. The van der Waals surface area contributed by atoms with Crippen LogP contribution in [0.4, 0.5) is 0 Å². The third kappa shape index (κ3) is 3.40. The largest absolute Gasteiger partial charge is 0.491 e. The van der Waals surface area contributed by atoms with Crippen LogP contribution < -0.4 is 4.74 Å². The van der Waals surface area contributed by atoms with E-state index in [9.17, 15) is 13.2 Å². The summed E-state index contributed by atoms with van der Waals surface area (Å²) in [4.78, 5) is 14.7. The molecule has 2 heterocycles. The second kappa shape index (κ2) is 7.22. The van der Waals surface area contributed by atoms with Gasteiger partial charge in [0.15, 0.2) is 0 Å². The van der Waals surface area contributed by atoms with Gasteiger partial charge in [0.2, 0.25) is 15.9 Å². The molecule has 0 aromatic heterocycles. The van der Waals surface area contributed by atoms with E-state index in [0.29, 0.717) is 12.3 Å². The van der Waals surface area contributed by atoms with Crippen molar-refractivity contribution in [1.29, 1.82) is 0 Å². The first kappa shape index (κ1) is 19.0. The summed E-state index contributed by atoms with van der Waals surface area (Å²) in [6, 6.07) is 14.1. The van der Waals surface area contributed by atoms with Gasteiger partial charge in [-0.3, -0.25) is 4.79 Å². The van der Waals surface area contributed by atoms with E-state index in [1.807, 2.05) is 36.9 Å². The number of hydrogen-bond donors (Lipinski definition) is 0. The van der Waals surface area contributed by atoms with E-state index < -0.39 is 10.0 Å². The molecular formula is C21H24N2O4S. The van der Waals surface area contributed by atoms with Crippen LogP contribution in [0.3, 0.4) is 0 Å². The fraction of sp³-hybridized carbons (Fsp3) is 0.381. The standard InChI is InChI=1S/C21H24N2O4S/c1-15(2)27-17-7-9-18(10-8-17)28(25,26)22-13-20-19-6-4-3-5-16(19)11-12-23(20)21(24)14-22/h3-10,15,20H,11-14H2,1-2H3. The van der Waals surface area contributed by atoms with E-state index >= 15 is 0 Å². The molecule has 0 spiro atoms. The minimum Gasteiger partial charge on any atom is -0.491 e. The molecule has 2 aromatic carbocycles. The molecule has 1 unspecified atom stereocenters. The predicted octanol–water partition coefficient (Wildman–Crippen LogP) is 2.60. The highest BCUT2D eigenvalue weighted by molar-refractivity contribution is 7.89. The number of nitrogens with zero attached hydrogens (tertiary/aromatic N) is 2. The quantitative estimate of drug-likeness (QED) is 0.791. The molecule has 2 aliphatic heterocycles. The number of sulfonamides is 1. The Bertz CT molecular complexity index is 986. The van der Waals surface area contributed by atoms with Gasteiger partial charge in [0.25, 0.3) is 0 Å². The fourth-order valence-electron chi connectivity index (χ4n) is 3.94. The summed E-state index contributed by atoms with van der Waals surface area (Å²) in [6.07, 6.45) is 0.821. The Kier molecular flexibility index (Phi) is 4.89. The first-order valence-corrected chi connectivity index (χ1v) is 10.9. The Morgan fingerprint density at radius 1 is 1.07 bits per heavy atom. The molecule has 0 aliphatic carbocycles. The predicted molar refractivity (Wildman–Crippen MR) is 106 cm³/mol. The summed E-state index contributed by atoms with van der Waals surface area (Å²) in [5.74, 6) is 0.477. The molecule has 0 bridgehead atoms. The normalized spacial score (nSPS) is 20.0. The zero-order valence-electron chi connectivity index (χ0n) is 16.0. The van der Waals surface area contributed by atoms with Crippen LogP contribution in [-0.4, -0.2) is 49.3 Å². The number of ether oxygens (including phenoxy) is 1. The monoisotopic (exact) mass is 400 g/mol. The van der Waals surface area contributed by atoms with E-state index in [1.165, 1.54) is 9.87 Å². The van der Waals surface area contributed by atoms with E-state index in [-0.39, 0.29) is 36.0 Å². The van der Waals surface area contributed by atoms with Crippen molar-refractivity contribution in [2.75, 3.05) is 19.6 Å². The summed E-state index contributed by atoms with van der Waals surface area (Å²) >= 11 is 0. The highest BCUT2D eigenvalue weighted by atomic mass is 32.2. The first-order valence-electron chi connectivity index (χ1n) is 9.50. The molecule has 0 saturated carbocycles. The minimum absolute atomic E-state index is 0.0134. The van der Waals surface area contributed by atoms with Crippen molar-refractivity contribution in [3.05, 3.63) is 59.7 Å². The molecule has 1 fully saturated rings. The molecule has 0 radical (unpaired) electrons. The molecule has 2 aliphatic rings. The minimum atomic E-state index is -3.76. The van der Waals surface area contributed by atoms with E-state index in [1.54, 1.807) is 24.3 Å². The lowest BCUT2D eigenvalue weighted by atomic mass is 9.91. The summed E-state index contributed by atoms with van der Waals surface area (Å²) in [5.41, 5.74) is 2.23. The number of amides is 1. The van der Waals surface area contributed by atoms with Gasteiger partial charge >= 0.3 is 0 Å². The van der Waals surface area contributed by atoms with Crippen LogP contribution in [0.5, 0.6) is 5.75 Å². The van der Waals surface area contributed by atoms with E-state index in [0.717, 1.165) is 12.0 Å². The van der Waals surface area contributed by atoms with Gasteiger partial charge in [-0.1, -0.05) is 24.3 Å². The maximum atomic E-state index is 13.2. The molecule has 28 heavy (non-hydrogen) atoms. The van der Waals surface area contributed by atoms with Crippen molar-refractivity contribution in [1.82, 2.24) is 9.21 Å². The molecule has 0 N–H and O–H groups in total. The summed E-state index contributed by atoms with van der Waals surface area (Å²) in [5, 5.41) is 0. The van der Waals surface area contributed by atoms with Gasteiger partial charge in [0.1, 0.15) is 5.75 Å². The SMILES string of the molecule is CC(C)Oc1ccc(S(=O)(=O)N2CC(=O)N3CCc4ccccc4C3C2)cc1. The maximum Gasteiger partial charge on any atom is 0.243 e. The zero-order chi connectivity index (χ0) is 19.9. The van der Waals surface area contributed by atoms with Gasteiger partial charge in [-0.25, -0.2) is 8.42 Å². The fourth-order valence-corrected chi connectivity index (χ4v) is 5.34. The van der Waals surface area contributed by atoms with Gasteiger partial charge in [-0.05, 0) is 55.7 Å². The number of piperazine rings is 1. The number of fused-ring (bicyclic) bond motifs is 3. The van der Waals surface area contributed by atoms with Crippen molar-refractivity contribution in [3.8, 4) is 5.75 Å². The Hall–Kier alpha value is -2.38. The van der Waals surface area contributed by atoms with Crippen LogP contribution in [0.25, 0.3) is 0 Å². The topological polar surface area (TPSA) is 66.9 Å². The Labute approximate surface area is 165 Å². The van der Waals surface area contributed by atoms with E-state index in [4.69, 9.17) is 4.74 Å². The van der Waals surface area contributed by atoms with Crippen LogP contribution >= 0.6 is 0 Å². The maximum absolute atomic E-state index is 13.2. The summed E-state index contributed by atoms with van der Waals surface area (Å²) in [7, 11) is -3.76. The molecule has 1 atom stereocenters. The zero-order valence-corrected chi connectivity index (χ0v) is 16.9. The molecule has 6 nitrogen and oxygen atoms in total. The Balaban J connectivity index is 1.62. The van der Waals surface area contributed by atoms with Gasteiger partial charge in [0, 0.05) is 13.1 Å². The van der Waals surface area contributed by atoms with Crippen LogP contribution in [0.2, 0.25) is 0 Å². The number of benzene rings is 2. The first-order chi connectivity index (χ1) is 13.4. The van der Waals surface area contributed by atoms with Crippen LogP contribution in [0, 0.1) is 0 Å². The Morgan fingerprint density at radius 2 is 1.79 bits per heavy atom. The van der Waals surface area contributed by atoms with Crippen molar-refractivity contribution in [2.24, 2.45) is 0 Å². The lowest BCUT2D eigenvalue weighted by Crippen LogP contribution is -2.55. The second-order valence-corrected chi connectivity index (χ2v) is 9.43. The van der Waals surface area contributed by atoms with Crippen molar-refractivity contribution < 1.29 is 17.9 Å². The van der Waals surface area contributed by atoms with Crippen LogP contribution in [-0.2, 0) is 21.2 Å². The van der Waals surface area contributed by atoms with E-state index in [2.05, 4.69) is 6.07 Å². The van der Waals surface area contributed by atoms with Gasteiger partial charge < -0.3 is 9.64 Å². The average molecular weight is 401 g/mol.